The van der Waals surface area contributed by atoms with Gasteiger partial charge in [-0.25, -0.2) is 0 Å². The van der Waals surface area contributed by atoms with Crippen molar-refractivity contribution in [1.29, 1.82) is 0 Å². The summed E-state index contributed by atoms with van der Waals surface area (Å²) < 4.78 is 11.1. The third-order valence-electron chi connectivity index (χ3n) is 12.1. The van der Waals surface area contributed by atoms with E-state index in [1.807, 2.05) is 0 Å². The Balaban J connectivity index is 2.38. The molecule has 350 valence electrons. The monoisotopic (exact) mass is 844 g/mol. The lowest BCUT2D eigenvalue weighted by Gasteiger charge is -2.40. The van der Waals surface area contributed by atoms with Crippen LogP contribution in [0.5, 0.6) is 0 Å². The quantitative estimate of drug-likeness (QED) is 0.0219. The molecule has 0 spiro atoms. The molecule has 1 fully saturated rings. The largest absolute Gasteiger partial charge is 0.394 e. The molecule has 8 N–H and O–H groups in total. The summed E-state index contributed by atoms with van der Waals surface area (Å²) >= 11 is 0. The molecule has 1 amide bonds. The van der Waals surface area contributed by atoms with Gasteiger partial charge in [-0.2, -0.15) is 0 Å². The minimum Gasteiger partial charge on any atom is -0.394 e. The highest BCUT2D eigenvalue weighted by atomic mass is 16.7. The Bertz CT molecular complexity index is 970. The van der Waals surface area contributed by atoms with Gasteiger partial charge >= 0.3 is 0 Å². The van der Waals surface area contributed by atoms with E-state index in [0.29, 0.717) is 12.8 Å². The van der Waals surface area contributed by atoms with E-state index >= 15 is 0 Å². The Hall–Kier alpha value is -1.15. The molecule has 1 aliphatic heterocycles. The molecule has 0 aromatic heterocycles. The maximum atomic E-state index is 13.1. The standard InChI is InChI=1S/C48H93NO10/c1-3-5-7-9-11-13-15-17-18-19-20-21-22-23-24-26-28-30-32-34-36-41(52)47(57)49-39(38-58-48-46(56)45(55)44(54)42(37-50)59-48)43(53)40(51)35-33-31-29-27-25-16-14-12-10-8-6-4-2/h16,25,39-46,48,50-56H,3-15,17-24,26-38H2,1-2H3,(H,49,57)/b25-16+/t39-,40+,41+,42+,43-,44+,45-,46+,48+/m0/s1. The summed E-state index contributed by atoms with van der Waals surface area (Å²) in [5.74, 6) is -0.700. The molecule has 0 saturated carbocycles. The molecule has 0 aromatic carbocycles. The highest BCUT2D eigenvalue weighted by molar-refractivity contribution is 5.80. The number of hydrogen-bond donors (Lipinski definition) is 8. The maximum Gasteiger partial charge on any atom is 0.249 e. The van der Waals surface area contributed by atoms with Crippen molar-refractivity contribution in [2.24, 2.45) is 0 Å². The molecule has 9 atom stereocenters. The normalized spacial score (nSPS) is 21.8. The summed E-state index contributed by atoms with van der Waals surface area (Å²) in [5, 5.41) is 75.7. The molecule has 0 unspecified atom stereocenters. The predicted octanol–water partition coefficient (Wildman–Crippen LogP) is 8.45. The minimum absolute atomic E-state index is 0.261. The molecule has 1 heterocycles. The van der Waals surface area contributed by atoms with Crippen molar-refractivity contribution < 1.29 is 50.0 Å². The maximum absolute atomic E-state index is 13.1. The van der Waals surface area contributed by atoms with Crippen LogP contribution in [0.1, 0.15) is 219 Å². The zero-order valence-electron chi connectivity index (χ0n) is 37.7. The van der Waals surface area contributed by atoms with E-state index in [2.05, 4.69) is 31.3 Å². The van der Waals surface area contributed by atoms with Gasteiger partial charge in [-0.1, -0.05) is 193 Å². The van der Waals surface area contributed by atoms with Gasteiger partial charge in [0.1, 0.15) is 36.6 Å². The van der Waals surface area contributed by atoms with Crippen LogP contribution < -0.4 is 5.32 Å². The number of aliphatic hydroxyl groups excluding tert-OH is 7. The van der Waals surface area contributed by atoms with E-state index in [4.69, 9.17) is 9.47 Å². The van der Waals surface area contributed by atoms with Crippen LogP contribution in [-0.4, -0.2) is 110 Å². The smallest absolute Gasteiger partial charge is 0.249 e. The van der Waals surface area contributed by atoms with Crippen LogP contribution in [0.2, 0.25) is 0 Å². The molecule has 0 radical (unpaired) electrons. The average molecular weight is 844 g/mol. The van der Waals surface area contributed by atoms with Crippen molar-refractivity contribution in [3.63, 3.8) is 0 Å². The first kappa shape index (κ1) is 55.9. The number of rotatable bonds is 41. The fourth-order valence-electron chi connectivity index (χ4n) is 7.96. The van der Waals surface area contributed by atoms with E-state index in [9.17, 15) is 40.5 Å². The lowest BCUT2D eigenvalue weighted by atomic mass is 9.98. The Kier molecular flexibility index (Phi) is 36.5. The number of nitrogens with one attached hydrogen (secondary N) is 1. The number of hydrogen-bond acceptors (Lipinski definition) is 10. The molecule has 0 aliphatic carbocycles. The minimum atomic E-state index is -1.66. The zero-order chi connectivity index (χ0) is 43.4. The second-order valence-electron chi connectivity index (χ2n) is 17.5. The van der Waals surface area contributed by atoms with Crippen LogP contribution in [0.25, 0.3) is 0 Å². The van der Waals surface area contributed by atoms with E-state index < -0.39 is 74.2 Å². The Morgan fingerprint density at radius 3 is 1.44 bits per heavy atom. The fourth-order valence-corrected chi connectivity index (χ4v) is 7.96. The van der Waals surface area contributed by atoms with Crippen LogP contribution in [0.4, 0.5) is 0 Å². The molecule has 1 aliphatic rings. The van der Waals surface area contributed by atoms with E-state index in [-0.39, 0.29) is 12.8 Å². The molecular formula is C48H93NO10. The lowest BCUT2D eigenvalue weighted by Crippen LogP contribution is -2.60. The second kappa shape index (κ2) is 38.5. The van der Waals surface area contributed by atoms with Crippen molar-refractivity contribution in [2.75, 3.05) is 13.2 Å². The molecule has 1 rings (SSSR count). The van der Waals surface area contributed by atoms with Gasteiger partial charge in [-0.3, -0.25) is 4.79 Å². The lowest BCUT2D eigenvalue weighted by molar-refractivity contribution is -0.303. The van der Waals surface area contributed by atoms with Crippen molar-refractivity contribution in [3.8, 4) is 0 Å². The summed E-state index contributed by atoms with van der Waals surface area (Å²) in [7, 11) is 0. The predicted molar refractivity (Wildman–Crippen MR) is 238 cm³/mol. The van der Waals surface area contributed by atoms with E-state index in [1.165, 1.54) is 135 Å². The highest BCUT2D eigenvalue weighted by Gasteiger charge is 2.44. The van der Waals surface area contributed by atoms with Crippen LogP contribution in [0.15, 0.2) is 12.2 Å². The summed E-state index contributed by atoms with van der Waals surface area (Å²) in [6.07, 6.45) is 29.8. The molecule has 0 bridgehead atoms. The van der Waals surface area contributed by atoms with Crippen molar-refractivity contribution in [2.45, 2.75) is 274 Å². The third-order valence-corrected chi connectivity index (χ3v) is 12.1. The average Bonchev–Trinajstić information content (AvgIpc) is 3.23. The first-order chi connectivity index (χ1) is 28.7. The molecular weight excluding hydrogens is 751 g/mol. The Morgan fingerprint density at radius 1 is 0.576 bits per heavy atom. The van der Waals surface area contributed by atoms with Gasteiger partial charge < -0.3 is 50.5 Å². The molecule has 11 nitrogen and oxygen atoms in total. The van der Waals surface area contributed by atoms with Crippen LogP contribution in [-0.2, 0) is 14.3 Å². The van der Waals surface area contributed by atoms with Gasteiger partial charge in [-0.15, -0.1) is 0 Å². The highest BCUT2D eigenvalue weighted by Crippen LogP contribution is 2.23. The number of allylic oxidation sites excluding steroid dienone is 2. The van der Waals surface area contributed by atoms with Gasteiger partial charge in [0.2, 0.25) is 5.91 Å². The first-order valence-electron chi connectivity index (χ1n) is 24.6. The summed E-state index contributed by atoms with van der Waals surface area (Å²) in [4.78, 5) is 13.1. The number of ether oxygens (including phenoxy) is 2. The SMILES string of the molecule is CCCCCCC/C=C/CCCCC[C@@H](O)[C@@H](O)[C@H](CO[C@@H]1O[C@H](CO)[C@@H](O)[C@H](O)[C@H]1O)NC(=O)[C@H](O)CCCCCCCCCCCCCCCCCCCCCC. The first-order valence-corrected chi connectivity index (χ1v) is 24.6. The van der Waals surface area contributed by atoms with E-state index in [1.54, 1.807) is 0 Å². The second-order valence-corrected chi connectivity index (χ2v) is 17.5. The van der Waals surface area contributed by atoms with Gasteiger partial charge in [0.25, 0.3) is 0 Å². The van der Waals surface area contributed by atoms with Crippen molar-refractivity contribution in [3.05, 3.63) is 12.2 Å². The topological polar surface area (TPSA) is 189 Å². The number of amides is 1. The van der Waals surface area contributed by atoms with Crippen LogP contribution in [0.3, 0.4) is 0 Å². The van der Waals surface area contributed by atoms with Gasteiger partial charge in [0.15, 0.2) is 6.29 Å². The molecule has 1 saturated heterocycles. The summed E-state index contributed by atoms with van der Waals surface area (Å²) in [6, 6.07) is -1.17. The van der Waals surface area contributed by atoms with Crippen molar-refractivity contribution in [1.82, 2.24) is 5.32 Å². The number of carbonyl (C=O) groups excluding carboxylic acids is 1. The number of unbranched alkanes of at least 4 members (excludes halogenated alkanes) is 27. The molecule has 11 heteroatoms. The number of carbonyl (C=O) groups is 1. The molecule has 0 aromatic rings. The summed E-state index contributed by atoms with van der Waals surface area (Å²) in [5.41, 5.74) is 0. The summed E-state index contributed by atoms with van der Waals surface area (Å²) in [6.45, 7) is 3.43. The van der Waals surface area contributed by atoms with Gasteiger partial charge in [-0.05, 0) is 38.5 Å². The fraction of sp³-hybridized carbons (Fsp3) is 0.938. The Labute approximate surface area is 360 Å². The third kappa shape index (κ3) is 28.2. The van der Waals surface area contributed by atoms with Gasteiger partial charge in [0, 0.05) is 0 Å². The number of aliphatic hydroxyl groups is 7. The van der Waals surface area contributed by atoms with Crippen molar-refractivity contribution >= 4 is 5.91 Å². The Morgan fingerprint density at radius 2 is 0.983 bits per heavy atom. The molecule has 59 heavy (non-hydrogen) atoms. The van der Waals surface area contributed by atoms with E-state index in [0.717, 1.165) is 44.9 Å². The zero-order valence-corrected chi connectivity index (χ0v) is 37.7. The van der Waals surface area contributed by atoms with Gasteiger partial charge in [0.05, 0.1) is 25.4 Å². The van der Waals surface area contributed by atoms with Crippen LogP contribution >= 0.6 is 0 Å². The van der Waals surface area contributed by atoms with Crippen LogP contribution in [0, 0.1) is 0 Å².